The van der Waals surface area contributed by atoms with Crippen molar-refractivity contribution in [3.8, 4) is 11.5 Å². The van der Waals surface area contributed by atoms with Crippen LogP contribution in [0.25, 0.3) is 22.4 Å². The molecule has 0 saturated carbocycles. The molecule has 2 aromatic carbocycles. The van der Waals surface area contributed by atoms with Crippen molar-refractivity contribution in [1.82, 2.24) is 14.8 Å². The number of nitrogens with zero attached hydrogens (tertiary/aromatic N) is 3. The fourth-order valence-corrected chi connectivity index (χ4v) is 3.16. The molecule has 8 nitrogen and oxygen atoms in total. The Kier molecular flexibility index (Phi) is 5.30. The van der Waals surface area contributed by atoms with E-state index in [2.05, 4.69) is 15.5 Å². The summed E-state index contributed by atoms with van der Waals surface area (Å²) in [4.78, 5) is 24.5. The van der Waals surface area contributed by atoms with E-state index in [1.807, 2.05) is 35.0 Å². The van der Waals surface area contributed by atoms with Crippen LogP contribution in [0.4, 0.5) is 5.69 Å². The number of ether oxygens (including phenoxy) is 1. The fraction of sp³-hybridized carbons (Fsp3) is 0.182. The summed E-state index contributed by atoms with van der Waals surface area (Å²) in [6.07, 6.45) is 1.85. The number of aromatic nitrogens is 3. The zero-order valence-electron chi connectivity index (χ0n) is 16.6. The predicted octanol–water partition coefficient (Wildman–Crippen LogP) is 3.82. The van der Waals surface area contributed by atoms with Crippen LogP contribution in [0.15, 0.2) is 59.1 Å². The number of aryl methyl sites for hydroxylation is 1. The second-order valence-corrected chi connectivity index (χ2v) is 6.69. The van der Waals surface area contributed by atoms with Crippen LogP contribution in [0.1, 0.15) is 23.2 Å². The summed E-state index contributed by atoms with van der Waals surface area (Å²) < 4.78 is 12.3. The number of fused-ring (bicyclic) bond motifs is 1. The lowest BCUT2D eigenvalue weighted by Gasteiger charge is -2.09. The largest absolute Gasteiger partial charge is 0.462 e. The number of hydrogen-bond acceptors (Lipinski definition) is 6. The monoisotopic (exact) mass is 404 g/mol. The fourth-order valence-electron chi connectivity index (χ4n) is 3.16. The molecule has 2 aromatic heterocycles. The van der Waals surface area contributed by atoms with Gasteiger partial charge >= 0.3 is 5.97 Å². The van der Waals surface area contributed by atoms with E-state index in [0.717, 1.165) is 16.5 Å². The van der Waals surface area contributed by atoms with Gasteiger partial charge in [-0.15, -0.1) is 10.2 Å². The number of nitrogens with one attached hydrogen (secondary N) is 1. The third-order valence-electron chi connectivity index (χ3n) is 4.52. The first-order chi connectivity index (χ1) is 14.5. The predicted molar refractivity (Wildman–Crippen MR) is 111 cm³/mol. The van der Waals surface area contributed by atoms with Gasteiger partial charge in [0.2, 0.25) is 17.7 Å². The highest BCUT2D eigenvalue weighted by Crippen LogP contribution is 2.24. The lowest BCUT2D eigenvalue weighted by atomic mass is 10.1. The van der Waals surface area contributed by atoms with E-state index in [4.69, 9.17) is 9.15 Å². The Morgan fingerprint density at radius 1 is 1.13 bits per heavy atom. The maximum atomic E-state index is 12.6. The molecule has 152 valence electrons. The highest BCUT2D eigenvalue weighted by molar-refractivity contribution is 5.95. The Bertz CT molecular complexity index is 1220. The average molecular weight is 404 g/mol. The molecule has 0 spiro atoms. The summed E-state index contributed by atoms with van der Waals surface area (Å²) in [5.41, 5.74) is 2.58. The van der Waals surface area contributed by atoms with Crippen LogP contribution >= 0.6 is 0 Å². The van der Waals surface area contributed by atoms with Gasteiger partial charge in [-0.1, -0.05) is 12.1 Å². The normalized spacial score (nSPS) is 10.9. The van der Waals surface area contributed by atoms with Crippen LogP contribution in [-0.2, 0) is 16.1 Å². The van der Waals surface area contributed by atoms with Crippen molar-refractivity contribution in [1.29, 1.82) is 0 Å². The molecule has 0 saturated heterocycles. The van der Waals surface area contributed by atoms with Gasteiger partial charge in [0.15, 0.2) is 0 Å². The summed E-state index contributed by atoms with van der Waals surface area (Å²) in [6, 6.07) is 14.4. The van der Waals surface area contributed by atoms with Crippen LogP contribution in [0.3, 0.4) is 0 Å². The molecule has 0 aliphatic heterocycles. The Balaban J connectivity index is 1.52. The van der Waals surface area contributed by atoms with Crippen molar-refractivity contribution >= 4 is 28.5 Å². The molecule has 2 heterocycles. The van der Waals surface area contributed by atoms with Gasteiger partial charge in [-0.25, -0.2) is 4.79 Å². The first-order valence-electron chi connectivity index (χ1n) is 9.50. The van der Waals surface area contributed by atoms with E-state index < -0.39 is 5.97 Å². The summed E-state index contributed by atoms with van der Waals surface area (Å²) >= 11 is 0. The second kappa shape index (κ2) is 8.20. The van der Waals surface area contributed by atoms with Crippen molar-refractivity contribution in [2.75, 3.05) is 11.9 Å². The number of rotatable bonds is 6. The lowest BCUT2D eigenvalue weighted by Crippen LogP contribution is -2.18. The maximum Gasteiger partial charge on any atom is 0.338 e. The first-order valence-corrected chi connectivity index (χ1v) is 9.50. The summed E-state index contributed by atoms with van der Waals surface area (Å²) in [7, 11) is 0. The molecule has 0 fully saturated rings. The Labute approximate surface area is 172 Å². The van der Waals surface area contributed by atoms with Gasteiger partial charge < -0.3 is 19.0 Å². The van der Waals surface area contributed by atoms with Crippen molar-refractivity contribution < 1.29 is 18.7 Å². The maximum absolute atomic E-state index is 12.6. The number of anilines is 1. The molecule has 0 aliphatic rings. The molecule has 1 N–H and O–H groups in total. The summed E-state index contributed by atoms with van der Waals surface area (Å²) in [6.45, 7) is 3.88. The van der Waals surface area contributed by atoms with E-state index in [1.165, 1.54) is 0 Å². The minimum Gasteiger partial charge on any atom is -0.462 e. The third kappa shape index (κ3) is 4.07. The van der Waals surface area contributed by atoms with E-state index in [0.29, 0.717) is 29.6 Å². The topological polar surface area (TPSA) is 99.2 Å². The van der Waals surface area contributed by atoms with Gasteiger partial charge in [-0.2, -0.15) is 0 Å². The Hall–Kier alpha value is -3.94. The zero-order valence-corrected chi connectivity index (χ0v) is 16.6. The van der Waals surface area contributed by atoms with E-state index in [9.17, 15) is 9.59 Å². The third-order valence-corrected chi connectivity index (χ3v) is 4.52. The molecule has 0 atom stereocenters. The van der Waals surface area contributed by atoms with Crippen LogP contribution in [0, 0.1) is 6.92 Å². The van der Waals surface area contributed by atoms with E-state index >= 15 is 0 Å². The van der Waals surface area contributed by atoms with Gasteiger partial charge in [0.25, 0.3) is 0 Å². The molecule has 4 aromatic rings. The number of hydrogen-bond donors (Lipinski definition) is 1. The van der Waals surface area contributed by atoms with Crippen LogP contribution in [0.5, 0.6) is 0 Å². The van der Waals surface area contributed by atoms with E-state index in [1.54, 1.807) is 38.1 Å². The average Bonchev–Trinajstić information content (AvgIpc) is 3.34. The minimum atomic E-state index is -0.422. The number of amides is 1. The molecule has 0 aliphatic carbocycles. The van der Waals surface area contributed by atoms with Crippen molar-refractivity contribution in [2.24, 2.45) is 0 Å². The van der Waals surface area contributed by atoms with Crippen molar-refractivity contribution in [3.05, 3.63) is 66.2 Å². The molecular formula is C22H20N4O4. The highest BCUT2D eigenvalue weighted by atomic mass is 16.5. The molecule has 4 rings (SSSR count). The summed E-state index contributed by atoms with van der Waals surface area (Å²) in [5, 5.41) is 11.7. The minimum absolute atomic E-state index is 0.111. The summed E-state index contributed by atoms with van der Waals surface area (Å²) in [5.74, 6) is 0.286. The molecular weight excluding hydrogens is 384 g/mol. The molecule has 30 heavy (non-hydrogen) atoms. The van der Waals surface area contributed by atoms with Crippen LogP contribution < -0.4 is 5.32 Å². The van der Waals surface area contributed by atoms with Gasteiger partial charge in [-0.3, -0.25) is 4.79 Å². The van der Waals surface area contributed by atoms with Gasteiger partial charge in [-0.05, 0) is 48.7 Å². The highest BCUT2D eigenvalue weighted by Gasteiger charge is 2.12. The number of carbonyl (C=O) groups is 2. The smallest absolute Gasteiger partial charge is 0.338 e. The zero-order chi connectivity index (χ0) is 21.1. The van der Waals surface area contributed by atoms with E-state index in [-0.39, 0.29) is 12.5 Å². The Morgan fingerprint density at radius 3 is 2.77 bits per heavy atom. The molecule has 0 radical (unpaired) electrons. The quantitative estimate of drug-likeness (QED) is 0.491. The lowest BCUT2D eigenvalue weighted by molar-refractivity contribution is -0.116. The number of carbonyl (C=O) groups excluding carboxylic acids is 2. The number of benzene rings is 2. The van der Waals surface area contributed by atoms with Gasteiger partial charge in [0.05, 0.1) is 12.2 Å². The second-order valence-electron chi connectivity index (χ2n) is 6.69. The molecule has 0 unspecified atom stereocenters. The molecule has 1 amide bonds. The first kappa shape index (κ1) is 19.4. The van der Waals surface area contributed by atoms with Crippen molar-refractivity contribution in [2.45, 2.75) is 20.4 Å². The van der Waals surface area contributed by atoms with Crippen LogP contribution in [0.2, 0.25) is 0 Å². The van der Waals surface area contributed by atoms with Gasteiger partial charge in [0.1, 0.15) is 6.54 Å². The molecule has 0 bridgehead atoms. The van der Waals surface area contributed by atoms with Crippen molar-refractivity contribution in [3.63, 3.8) is 0 Å². The van der Waals surface area contributed by atoms with Crippen LogP contribution in [-0.4, -0.2) is 33.2 Å². The molecule has 8 heteroatoms. The van der Waals surface area contributed by atoms with Gasteiger partial charge in [0, 0.05) is 29.9 Å². The SMILES string of the molecule is CCOC(=O)c1cccc(NC(=O)Cn2ccc3ccc(-c4nnc(C)o4)cc32)c1. The number of esters is 1. The standard InChI is InChI=1S/C22H20N4O4/c1-3-29-22(28)17-5-4-6-18(11-17)23-20(27)13-26-10-9-15-7-8-16(12-19(15)26)21-25-24-14(2)30-21/h4-12H,3,13H2,1-2H3,(H,23,27). The Morgan fingerprint density at radius 2 is 2.00 bits per heavy atom.